The first-order valence-electron chi connectivity index (χ1n) is 7.70. The Balaban J connectivity index is 2.00. The standard InChI is InChI=1S/C18H19ClN2O3/c1-2-3-12-24-16-11-7-5-9-14(16)18(23)21-20-17(22)13-8-4-6-10-15(13)19/h4-11H,2-3,12H2,1H3,(H,20,22)(H,21,23). The Morgan fingerprint density at radius 1 is 0.958 bits per heavy atom. The van der Waals surface area contributed by atoms with Crippen LogP contribution in [-0.2, 0) is 0 Å². The summed E-state index contributed by atoms with van der Waals surface area (Å²) in [6.45, 7) is 2.60. The van der Waals surface area contributed by atoms with E-state index in [1.54, 1.807) is 48.5 Å². The number of hydrazine groups is 1. The van der Waals surface area contributed by atoms with Crippen molar-refractivity contribution in [1.82, 2.24) is 10.9 Å². The van der Waals surface area contributed by atoms with Crippen molar-refractivity contribution in [1.29, 1.82) is 0 Å². The van der Waals surface area contributed by atoms with Gasteiger partial charge in [-0.05, 0) is 30.7 Å². The van der Waals surface area contributed by atoms with Gasteiger partial charge in [0.2, 0.25) is 0 Å². The third-order valence-electron chi connectivity index (χ3n) is 3.30. The van der Waals surface area contributed by atoms with E-state index < -0.39 is 11.8 Å². The number of hydrogen-bond acceptors (Lipinski definition) is 3. The van der Waals surface area contributed by atoms with Crippen LogP contribution in [0.5, 0.6) is 5.75 Å². The monoisotopic (exact) mass is 346 g/mol. The normalized spacial score (nSPS) is 10.1. The second kappa shape index (κ2) is 8.93. The van der Waals surface area contributed by atoms with Gasteiger partial charge in [0.25, 0.3) is 11.8 Å². The van der Waals surface area contributed by atoms with Crippen LogP contribution in [0.3, 0.4) is 0 Å². The molecule has 0 fully saturated rings. The van der Waals surface area contributed by atoms with Crippen LogP contribution in [0.4, 0.5) is 0 Å². The molecular weight excluding hydrogens is 328 g/mol. The van der Waals surface area contributed by atoms with Crippen LogP contribution in [0.25, 0.3) is 0 Å². The van der Waals surface area contributed by atoms with E-state index in [9.17, 15) is 9.59 Å². The van der Waals surface area contributed by atoms with Crippen molar-refractivity contribution in [2.75, 3.05) is 6.61 Å². The molecule has 2 N–H and O–H groups in total. The molecule has 0 radical (unpaired) electrons. The van der Waals surface area contributed by atoms with Crippen molar-refractivity contribution < 1.29 is 14.3 Å². The zero-order chi connectivity index (χ0) is 17.4. The Morgan fingerprint density at radius 3 is 2.21 bits per heavy atom. The van der Waals surface area contributed by atoms with E-state index in [1.165, 1.54) is 0 Å². The van der Waals surface area contributed by atoms with Gasteiger partial charge in [0.05, 0.1) is 22.8 Å². The fourth-order valence-corrected chi connectivity index (χ4v) is 2.22. The minimum absolute atomic E-state index is 0.284. The number of nitrogens with one attached hydrogen (secondary N) is 2. The van der Waals surface area contributed by atoms with E-state index in [4.69, 9.17) is 16.3 Å². The number of carbonyl (C=O) groups is 2. The number of rotatable bonds is 6. The predicted molar refractivity (Wildman–Crippen MR) is 93.2 cm³/mol. The molecular formula is C18H19ClN2O3. The molecule has 0 aliphatic heterocycles. The number of halogens is 1. The second-order valence-electron chi connectivity index (χ2n) is 5.09. The van der Waals surface area contributed by atoms with Gasteiger partial charge >= 0.3 is 0 Å². The lowest BCUT2D eigenvalue weighted by Crippen LogP contribution is -2.41. The van der Waals surface area contributed by atoms with Gasteiger partial charge in [-0.1, -0.05) is 49.2 Å². The number of benzene rings is 2. The molecule has 0 saturated carbocycles. The molecule has 0 aliphatic rings. The van der Waals surface area contributed by atoms with Gasteiger partial charge in [-0.3, -0.25) is 20.4 Å². The molecule has 0 spiro atoms. The Hall–Kier alpha value is -2.53. The quantitative estimate of drug-likeness (QED) is 0.620. The number of amides is 2. The van der Waals surface area contributed by atoms with E-state index >= 15 is 0 Å². The number of unbranched alkanes of at least 4 members (excludes halogenated alkanes) is 1. The number of carbonyl (C=O) groups excluding carboxylic acids is 2. The first-order chi connectivity index (χ1) is 11.6. The predicted octanol–water partition coefficient (Wildman–Crippen LogP) is 3.59. The summed E-state index contributed by atoms with van der Waals surface area (Å²) in [7, 11) is 0. The molecule has 2 amide bonds. The summed E-state index contributed by atoms with van der Waals surface area (Å²) in [5, 5.41) is 0.313. The Bertz CT molecular complexity index is 719. The molecule has 6 heteroatoms. The molecule has 0 unspecified atom stereocenters. The molecule has 2 rings (SSSR count). The van der Waals surface area contributed by atoms with Gasteiger partial charge in [0.1, 0.15) is 5.75 Å². The maximum absolute atomic E-state index is 12.3. The number of hydrogen-bond donors (Lipinski definition) is 2. The average Bonchev–Trinajstić information content (AvgIpc) is 2.60. The Morgan fingerprint density at radius 2 is 1.54 bits per heavy atom. The lowest BCUT2D eigenvalue weighted by molar-refractivity contribution is 0.0844. The first kappa shape index (κ1) is 17.8. The van der Waals surface area contributed by atoms with Crippen molar-refractivity contribution in [3.63, 3.8) is 0 Å². The maximum atomic E-state index is 12.3. The van der Waals surface area contributed by atoms with Crippen molar-refractivity contribution in [2.24, 2.45) is 0 Å². The number of ether oxygens (including phenoxy) is 1. The molecule has 2 aromatic rings. The molecule has 24 heavy (non-hydrogen) atoms. The highest BCUT2D eigenvalue weighted by Gasteiger charge is 2.14. The summed E-state index contributed by atoms with van der Waals surface area (Å²) >= 11 is 5.95. The summed E-state index contributed by atoms with van der Waals surface area (Å²) in [6, 6.07) is 13.5. The maximum Gasteiger partial charge on any atom is 0.273 e. The minimum atomic E-state index is -0.488. The molecule has 0 heterocycles. The highest BCUT2D eigenvalue weighted by atomic mass is 35.5. The molecule has 5 nitrogen and oxygen atoms in total. The second-order valence-corrected chi connectivity index (χ2v) is 5.49. The van der Waals surface area contributed by atoms with Crippen molar-refractivity contribution >= 4 is 23.4 Å². The highest BCUT2D eigenvalue weighted by Crippen LogP contribution is 2.18. The van der Waals surface area contributed by atoms with Crippen LogP contribution >= 0.6 is 11.6 Å². The van der Waals surface area contributed by atoms with E-state index in [0.29, 0.717) is 22.9 Å². The third kappa shape index (κ3) is 4.73. The van der Waals surface area contributed by atoms with Crippen LogP contribution in [0.15, 0.2) is 48.5 Å². The van der Waals surface area contributed by atoms with Crippen LogP contribution < -0.4 is 15.6 Å². The Kier molecular flexibility index (Phi) is 6.63. The van der Waals surface area contributed by atoms with E-state index in [-0.39, 0.29) is 5.56 Å². The van der Waals surface area contributed by atoms with Crippen molar-refractivity contribution in [3.8, 4) is 5.75 Å². The van der Waals surface area contributed by atoms with Crippen LogP contribution in [0.2, 0.25) is 5.02 Å². The molecule has 0 aromatic heterocycles. The van der Waals surface area contributed by atoms with Crippen LogP contribution in [-0.4, -0.2) is 18.4 Å². The fourth-order valence-electron chi connectivity index (χ4n) is 2.00. The zero-order valence-electron chi connectivity index (χ0n) is 13.3. The first-order valence-corrected chi connectivity index (χ1v) is 8.08. The number of para-hydroxylation sites is 1. The average molecular weight is 347 g/mol. The van der Waals surface area contributed by atoms with Gasteiger partial charge in [-0.25, -0.2) is 0 Å². The fraction of sp³-hybridized carbons (Fsp3) is 0.222. The van der Waals surface area contributed by atoms with Gasteiger partial charge in [0.15, 0.2) is 0 Å². The topological polar surface area (TPSA) is 67.4 Å². The van der Waals surface area contributed by atoms with Gasteiger partial charge in [-0.15, -0.1) is 0 Å². The van der Waals surface area contributed by atoms with Crippen LogP contribution in [0.1, 0.15) is 40.5 Å². The lowest BCUT2D eigenvalue weighted by atomic mass is 10.2. The molecule has 126 valence electrons. The van der Waals surface area contributed by atoms with E-state index in [0.717, 1.165) is 12.8 Å². The lowest BCUT2D eigenvalue weighted by Gasteiger charge is -2.12. The smallest absolute Gasteiger partial charge is 0.273 e. The minimum Gasteiger partial charge on any atom is -0.493 e. The highest BCUT2D eigenvalue weighted by molar-refractivity contribution is 6.33. The summed E-state index contributed by atoms with van der Waals surface area (Å²) in [5.41, 5.74) is 5.37. The SMILES string of the molecule is CCCCOc1ccccc1C(=O)NNC(=O)c1ccccc1Cl. The molecule has 0 bridgehead atoms. The molecule has 0 aliphatic carbocycles. The van der Waals surface area contributed by atoms with Crippen molar-refractivity contribution in [2.45, 2.75) is 19.8 Å². The molecule has 0 saturated heterocycles. The van der Waals surface area contributed by atoms with E-state index in [1.807, 2.05) is 0 Å². The summed E-state index contributed by atoms with van der Waals surface area (Å²) in [6.07, 6.45) is 1.90. The van der Waals surface area contributed by atoms with Gasteiger partial charge in [0, 0.05) is 0 Å². The summed E-state index contributed by atoms with van der Waals surface area (Å²) in [5.74, 6) is -0.462. The summed E-state index contributed by atoms with van der Waals surface area (Å²) < 4.78 is 5.61. The molecule has 2 aromatic carbocycles. The summed E-state index contributed by atoms with van der Waals surface area (Å²) in [4.78, 5) is 24.3. The van der Waals surface area contributed by atoms with Crippen LogP contribution in [0, 0.1) is 0 Å². The van der Waals surface area contributed by atoms with Gasteiger partial charge < -0.3 is 4.74 Å². The zero-order valence-corrected chi connectivity index (χ0v) is 14.1. The van der Waals surface area contributed by atoms with E-state index in [2.05, 4.69) is 17.8 Å². The Labute approximate surface area is 145 Å². The third-order valence-corrected chi connectivity index (χ3v) is 3.62. The van der Waals surface area contributed by atoms with Crippen molar-refractivity contribution in [3.05, 3.63) is 64.7 Å². The molecule has 0 atom stereocenters. The van der Waals surface area contributed by atoms with Gasteiger partial charge in [-0.2, -0.15) is 0 Å². The largest absolute Gasteiger partial charge is 0.493 e.